The minimum Gasteiger partial charge on any atom is -0.508 e. The largest absolute Gasteiger partial charge is 0.508 e. The molecule has 0 aliphatic heterocycles. The van der Waals surface area contributed by atoms with Crippen molar-refractivity contribution in [3.8, 4) is 0 Å². The summed E-state index contributed by atoms with van der Waals surface area (Å²) in [5.41, 5.74) is 0.520. The number of hydrogen-bond acceptors (Lipinski definition) is 3. The number of aliphatic hydroxyl groups excluding tert-OH is 2. The van der Waals surface area contributed by atoms with E-state index in [1.165, 1.54) is 0 Å². The van der Waals surface area contributed by atoms with Gasteiger partial charge in [0.1, 0.15) is 5.76 Å². The fourth-order valence-electron chi connectivity index (χ4n) is 1.04. The summed E-state index contributed by atoms with van der Waals surface area (Å²) >= 11 is 0. The van der Waals surface area contributed by atoms with Crippen LogP contribution in [0.5, 0.6) is 0 Å². The van der Waals surface area contributed by atoms with Crippen LogP contribution in [-0.2, 0) is 4.74 Å². The Morgan fingerprint density at radius 3 is 2.91 bits per heavy atom. The second-order valence-corrected chi connectivity index (χ2v) is 2.34. The van der Waals surface area contributed by atoms with E-state index in [1.54, 1.807) is 13.0 Å². The number of ether oxygens (including phenoxy) is 1. The van der Waals surface area contributed by atoms with Gasteiger partial charge in [-0.2, -0.15) is 0 Å². The van der Waals surface area contributed by atoms with Crippen molar-refractivity contribution in [1.82, 2.24) is 0 Å². The maximum Gasteiger partial charge on any atom is 0.283 e. The van der Waals surface area contributed by atoms with Gasteiger partial charge in [-0.25, -0.2) is 0 Å². The molecule has 0 unspecified atom stereocenters. The Balaban J connectivity index is 2.70. The zero-order valence-electron chi connectivity index (χ0n) is 6.50. The molecular weight excluding hydrogens is 144 g/mol. The van der Waals surface area contributed by atoms with Crippen LogP contribution in [-0.4, -0.2) is 16.8 Å². The van der Waals surface area contributed by atoms with Gasteiger partial charge in [0, 0.05) is 0 Å². The molecule has 0 saturated carbocycles. The summed E-state index contributed by atoms with van der Waals surface area (Å²) in [7, 11) is 0. The first-order chi connectivity index (χ1) is 5.25. The second kappa shape index (κ2) is 3.32. The standard InChI is InChI=1S/C8H12O3/c1-2-11-8(10)6-4-3-5-7(6)9/h5,9-10H,2-4H2,1H3/b8-6-. The van der Waals surface area contributed by atoms with Gasteiger partial charge >= 0.3 is 0 Å². The zero-order valence-corrected chi connectivity index (χ0v) is 6.50. The first-order valence-corrected chi connectivity index (χ1v) is 3.70. The molecule has 11 heavy (non-hydrogen) atoms. The van der Waals surface area contributed by atoms with Crippen molar-refractivity contribution >= 4 is 0 Å². The van der Waals surface area contributed by atoms with Gasteiger partial charge in [0.2, 0.25) is 0 Å². The predicted molar refractivity (Wildman–Crippen MR) is 41.2 cm³/mol. The Bertz CT molecular complexity index is 203. The molecule has 3 heteroatoms. The maximum atomic E-state index is 9.18. The third-order valence-electron chi connectivity index (χ3n) is 1.58. The fourth-order valence-corrected chi connectivity index (χ4v) is 1.04. The molecule has 0 fully saturated rings. The average Bonchev–Trinajstić information content (AvgIpc) is 2.36. The molecule has 0 amide bonds. The van der Waals surface area contributed by atoms with E-state index < -0.39 is 0 Å². The predicted octanol–water partition coefficient (Wildman–Crippen LogP) is 2.03. The highest BCUT2D eigenvalue weighted by Crippen LogP contribution is 2.25. The minimum atomic E-state index is -0.140. The van der Waals surface area contributed by atoms with E-state index in [2.05, 4.69) is 0 Å². The van der Waals surface area contributed by atoms with Gasteiger partial charge in [0.25, 0.3) is 5.95 Å². The molecule has 0 spiro atoms. The second-order valence-electron chi connectivity index (χ2n) is 2.34. The Morgan fingerprint density at radius 1 is 1.73 bits per heavy atom. The highest BCUT2D eigenvalue weighted by molar-refractivity contribution is 5.30. The molecule has 1 aliphatic rings. The summed E-state index contributed by atoms with van der Waals surface area (Å²) < 4.78 is 4.83. The van der Waals surface area contributed by atoms with Crippen molar-refractivity contribution in [2.75, 3.05) is 6.61 Å². The van der Waals surface area contributed by atoms with E-state index in [9.17, 15) is 5.11 Å². The SMILES string of the molecule is CCO/C(O)=C1/CCC=C1O. The first kappa shape index (κ1) is 7.98. The molecule has 62 valence electrons. The molecule has 1 rings (SSSR count). The Hall–Kier alpha value is -1.12. The lowest BCUT2D eigenvalue weighted by atomic mass is 10.2. The molecule has 0 aromatic carbocycles. The third-order valence-corrected chi connectivity index (χ3v) is 1.58. The zero-order chi connectivity index (χ0) is 8.27. The fraction of sp³-hybridized carbons (Fsp3) is 0.500. The molecule has 0 bridgehead atoms. The molecule has 0 aromatic heterocycles. The van der Waals surface area contributed by atoms with Gasteiger partial charge in [-0.3, -0.25) is 0 Å². The smallest absolute Gasteiger partial charge is 0.283 e. The number of rotatable bonds is 2. The monoisotopic (exact) mass is 156 g/mol. The first-order valence-electron chi connectivity index (χ1n) is 3.70. The van der Waals surface area contributed by atoms with Gasteiger partial charge in [-0.05, 0) is 25.8 Å². The van der Waals surface area contributed by atoms with Crippen LogP contribution >= 0.6 is 0 Å². The van der Waals surface area contributed by atoms with Crippen LogP contribution in [0.4, 0.5) is 0 Å². The van der Waals surface area contributed by atoms with Crippen molar-refractivity contribution in [3.05, 3.63) is 23.4 Å². The van der Waals surface area contributed by atoms with Gasteiger partial charge in [0.15, 0.2) is 0 Å². The minimum absolute atomic E-state index is 0.140. The summed E-state index contributed by atoms with van der Waals surface area (Å²) in [6.45, 7) is 2.20. The van der Waals surface area contributed by atoms with E-state index >= 15 is 0 Å². The summed E-state index contributed by atoms with van der Waals surface area (Å²) in [5, 5.41) is 18.3. The third kappa shape index (κ3) is 1.67. The molecular formula is C8H12O3. The van der Waals surface area contributed by atoms with E-state index in [1.807, 2.05) is 0 Å². The van der Waals surface area contributed by atoms with Gasteiger partial charge in [0.05, 0.1) is 12.2 Å². The molecule has 1 aliphatic carbocycles. The summed E-state index contributed by atoms with van der Waals surface area (Å²) in [6.07, 6.45) is 3.11. The molecule has 2 N–H and O–H groups in total. The number of allylic oxidation sites excluding steroid dienone is 2. The lowest BCUT2D eigenvalue weighted by molar-refractivity contribution is 0.0963. The lowest BCUT2D eigenvalue weighted by Gasteiger charge is -2.04. The van der Waals surface area contributed by atoms with Crippen LogP contribution < -0.4 is 0 Å². The van der Waals surface area contributed by atoms with Gasteiger partial charge in [-0.1, -0.05) is 0 Å². The summed E-state index contributed by atoms with van der Waals surface area (Å²) in [5.74, 6) is 0.00898. The van der Waals surface area contributed by atoms with E-state index in [4.69, 9.17) is 9.84 Å². The van der Waals surface area contributed by atoms with Gasteiger partial charge in [-0.15, -0.1) is 0 Å². The van der Waals surface area contributed by atoms with Crippen LogP contribution in [0.3, 0.4) is 0 Å². The van der Waals surface area contributed by atoms with Crippen molar-refractivity contribution < 1.29 is 14.9 Å². The Morgan fingerprint density at radius 2 is 2.45 bits per heavy atom. The molecule has 0 radical (unpaired) electrons. The van der Waals surface area contributed by atoms with Gasteiger partial charge < -0.3 is 14.9 Å². The topological polar surface area (TPSA) is 49.7 Å². The Labute approximate surface area is 65.6 Å². The lowest BCUT2D eigenvalue weighted by Crippen LogP contribution is -1.96. The van der Waals surface area contributed by atoms with E-state index in [0.29, 0.717) is 18.6 Å². The van der Waals surface area contributed by atoms with Crippen LogP contribution in [0.15, 0.2) is 23.4 Å². The number of aliphatic hydroxyl groups is 2. The molecule has 0 heterocycles. The Kier molecular flexibility index (Phi) is 2.41. The summed E-state index contributed by atoms with van der Waals surface area (Å²) in [6, 6.07) is 0. The molecule has 0 atom stereocenters. The quantitative estimate of drug-likeness (QED) is 0.601. The van der Waals surface area contributed by atoms with Crippen molar-refractivity contribution in [2.45, 2.75) is 19.8 Å². The van der Waals surface area contributed by atoms with Crippen molar-refractivity contribution in [2.24, 2.45) is 0 Å². The highest BCUT2D eigenvalue weighted by atomic mass is 16.6. The van der Waals surface area contributed by atoms with Crippen molar-refractivity contribution in [1.29, 1.82) is 0 Å². The highest BCUT2D eigenvalue weighted by Gasteiger charge is 2.15. The molecule has 0 aromatic rings. The van der Waals surface area contributed by atoms with E-state index in [-0.39, 0.29) is 11.7 Å². The average molecular weight is 156 g/mol. The molecule has 3 nitrogen and oxygen atoms in total. The molecule has 0 saturated heterocycles. The van der Waals surface area contributed by atoms with Crippen LogP contribution in [0.2, 0.25) is 0 Å². The van der Waals surface area contributed by atoms with Crippen LogP contribution in [0.1, 0.15) is 19.8 Å². The van der Waals surface area contributed by atoms with Crippen LogP contribution in [0, 0.1) is 0 Å². The number of hydrogen-bond donors (Lipinski definition) is 2. The normalized spacial score (nSPS) is 21.4. The van der Waals surface area contributed by atoms with Crippen LogP contribution in [0.25, 0.3) is 0 Å². The van der Waals surface area contributed by atoms with Crippen molar-refractivity contribution in [3.63, 3.8) is 0 Å². The van der Waals surface area contributed by atoms with E-state index in [0.717, 1.165) is 6.42 Å². The summed E-state index contributed by atoms with van der Waals surface area (Å²) in [4.78, 5) is 0. The maximum absolute atomic E-state index is 9.18.